The highest BCUT2D eigenvalue weighted by molar-refractivity contribution is 9.10. The van der Waals surface area contributed by atoms with Crippen molar-refractivity contribution in [1.82, 2.24) is 4.90 Å². The number of nitrogens with zero attached hydrogens (tertiary/aromatic N) is 1. The monoisotopic (exact) mass is 490 g/mol. The lowest BCUT2D eigenvalue weighted by atomic mass is 10.2. The Balaban J connectivity index is 1.39. The van der Waals surface area contributed by atoms with Crippen LogP contribution in [0.4, 0.5) is 5.69 Å². The summed E-state index contributed by atoms with van der Waals surface area (Å²) in [5.74, 6) is 0.945. The third kappa shape index (κ3) is 4.47. The van der Waals surface area contributed by atoms with E-state index < -0.39 is 0 Å². The second-order valence-electron chi connectivity index (χ2n) is 6.22. The smallest absolute Gasteiger partial charge is 0.266 e. The van der Waals surface area contributed by atoms with Gasteiger partial charge in [0.15, 0.2) is 11.5 Å². The Morgan fingerprint density at radius 3 is 2.86 bits per heavy atom. The number of nitrogens with one attached hydrogen (secondary N) is 1. The quantitative estimate of drug-likeness (QED) is 0.494. The normalized spacial score (nSPS) is 16.6. The number of hydrogen-bond acceptors (Lipinski definition) is 6. The molecule has 0 aliphatic carbocycles. The number of rotatable bonds is 5. The summed E-state index contributed by atoms with van der Waals surface area (Å²) in [6, 6.07) is 12.8. The zero-order valence-electron chi connectivity index (χ0n) is 15.0. The molecule has 0 atom stereocenters. The molecule has 2 aromatic carbocycles. The molecule has 148 valence electrons. The first-order valence-corrected chi connectivity index (χ1v) is 10.7. The molecule has 9 heteroatoms. The number of benzene rings is 2. The molecule has 2 heterocycles. The Labute approximate surface area is 185 Å². The van der Waals surface area contributed by atoms with Gasteiger partial charge in [-0.1, -0.05) is 42.2 Å². The molecule has 4 rings (SSSR count). The molecule has 1 saturated heterocycles. The predicted molar refractivity (Wildman–Crippen MR) is 120 cm³/mol. The van der Waals surface area contributed by atoms with E-state index in [2.05, 4.69) is 21.2 Å². The number of thioether (sulfide) groups is 1. The van der Waals surface area contributed by atoms with Crippen molar-refractivity contribution < 1.29 is 19.1 Å². The molecule has 1 fully saturated rings. The fraction of sp³-hybridized carbons (Fsp3) is 0.150. The second-order valence-corrected chi connectivity index (χ2v) is 8.75. The van der Waals surface area contributed by atoms with Gasteiger partial charge in [-0.3, -0.25) is 14.5 Å². The van der Waals surface area contributed by atoms with Crippen LogP contribution in [-0.4, -0.2) is 34.4 Å². The molecular weight excluding hydrogens is 476 g/mol. The van der Waals surface area contributed by atoms with E-state index in [0.717, 1.165) is 10.0 Å². The highest BCUT2D eigenvalue weighted by Crippen LogP contribution is 2.36. The Morgan fingerprint density at radius 1 is 1.24 bits per heavy atom. The van der Waals surface area contributed by atoms with E-state index in [1.54, 1.807) is 18.2 Å². The minimum absolute atomic E-state index is 0.144. The Bertz CT molecular complexity index is 1040. The number of carbonyl (C=O) groups is 2. The van der Waals surface area contributed by atoms with Crippen LogP contribution in [0.5, 0.6) is 11.5 Å². The number of halogens is 1. The molecule has 2 aromatic rings. The molecule has 2 amide bonds. The van der Waals surface area contributed by atoms with E-state index in [9.17, 15) is 9.59 Å². The van der Waals surface area contributed by atoms with Crippen molar-refractivity contribution in [2.45, 2.75) is 6.42 Å². The lowest BCUT2D eigenvalue weighted by Gasteiger charge is -2.14. The molecule has 0 bridgehead atoms. The van der Waals surface area contributed by atoms with E-state index in [0.29, 0.717) is 26.4 Å². The van der Waals surface area contributed by atoms with Crippen molar-refractivity contribution in [2.75, 3.05) is 18.7 Å². The summed E-state index contributed by atoms with van der Waals surface area (Å²) in [6.07, 6.45) is 1.91. The fourth-order valence-electron chi connectivity index (χ4n) is 2.84. The van der Waals surface area contributed by atoms with Gasteiger partial charge >= 0.3 is 0 Å². The summed E-state index contributed by atoms with van der Waals surface area (Å²) in [7, 11) is 0. The first-order valence-electron chi connectivity index (χ1n) is 8.70. The Morgan fingerprint density at radius 2 is 2.03 bits per heavy atom. The summed E-state index contributed by atoms with van der Waals surface area (Å²) in [5.41, 5.74) is 1.51. The van der Waals surface area contributed by atoms with Crippen molar-refractivity contribution in [2.24, 2.45) is 0 Å². The van der Waals surface area contributed by atoms with Crippen LogP contribution in [0.2, 0.25) is 0 Å². The largest absolute Gasteiger partial charge is 0.454 e. The highest BCUT2D eigenvalue weighted by Gasteiger charge is 2.32. The molecule has 0 unspecified atom stereocenters. The van der Waals surface area contributed by atoms with E-state index in [-0.39, 0.29) is 31.6 Å². The van der Waals surface area contributed by atoms with Gasteiger partial charge in [-0.15, -0.1) is 0 Å². The molecule has 1 N–H and O–H groups in total. The van der Waals surface area contributed by atoms with Crippen molar-refractivity contribution >= 4 is 67.8 Å². The van der Waals surface area contributed by atoms with Crippen LogP contribution in [0.1, 0.15) is 12.0 Å². The third-order valence-corrected chi connectivity index (χ3v) is 6.35. The molecule has 29 heavy (non-hydrogen) atoms. The molecule has 0 radical (unpaired) electrons. The third-order valence-electron chi connectivity index (χ3n) is 4.28. The number of carbonyl (C=O) groups excluding carboxylic acids is 2. The van der Waals surface area contributed by atoms with Gasteiger partial charge in [0.1, 0.15) is 4.32 Å². The van der Waals surface area contributed by atoms with E-state index in [4.69, 9.17) is 21.7 Å². The van der Waals surface area contributed by atoms with Crippen molar-refractivity contribution in [3.05, 3.63) is 57.4 Å². The first-order chi connectivity index (χ1) is 14.0. The van der Waals surface area contributed by atoms with Crippen LogP contribution in [0.25, 0.3) is 6.08 Å². The minimum Gasteiger partial charge on any atom is -0.454 e. The van der Waals surface area contributed by atoms with Crippen molar-refractivity contribution in [1.29, 1.82) is 0 Å². The molecular formula is C20H15BrN2O4S2. The van der Waals surface area contributed by atoms with Crippen LogP contribution in [0, 0.1) is 0 Å². The van der Waals surface area contributed by atoms with E-state index in [1.165, 1.54) is 16.7 Å². The van der Waals surface area contributed by atoms with Gasteiger partial charge in [0.2, 0.25) is 12.7 Å². The maximum Gasteiger partial charge on any atom is 0.266 e. The maximum atomic E-state index is 12.7. The van der Waals surface area contributed by atoms with Gasteiger partial charge in [0.25, 0.3) is 5.91 Å². The summed E-state index contributed by atoms with van der Waals surface area (Å²) in [4.78, 5) is 27.0. The Kier molecular flexibility index (Phi) is 5.89. The molecule has 0 saturated carbocycles. The van der Waals surface area contributed by atoms with Gasteiger partial charge in [-0.05, 0) is 51.8 Å². The predicted octanol–water partition coefficient (Wildman–Crippen LogP) is 4.41. The van der Waals surface area contributed by atoms with Gasteiger partial charge in [0, 0.05) is 17.4 Å². The molecule has 6 nitrogen and oxygen atoms in total. The molecule has 2 aliphatic rings. The number of anilines is 1. The first kappa shape index (κ1) is 19.9. The lowest BCUT2D eigenvalue weighted by Crippen LogP contribution is -2.31. The lowest BCUT2D eigenvalue weighted by molar-refractivity contribution is -0.122. The van der Waals surface area contributed by atoms with Crippen LogP contribution >= 0.6 is 39.9 Å². The summed E-state index contributed by atoms with van der Waals surface area (Å²) >= 11 is 9.95. The van der Waals surface area contributed by atoms with Gasteiger partial charge in [-0.25, -0.2) is 0 Å². The topological polar surface area (TPSA) is 67.9 Å². The number of ether oxygens (including phenoxy) is 2. The zero-order valence-corrected chi connectivity index (χ0v) is 18.2. The summed E-state index contributed by atoms with van der Waals surface area (Å²) in [6.45, 7) is 0.419. The van der Waals surface area contributed by atoms with E-state index >= 15 is 0 Å². The van der Waals surface area contributed by atoms with E-state index in [1.807, 2.05) is 30.3 Å². The Hall–Kier alpha value is -2.36. The van der Waals surface area contributed by atoms with Crippen LogP contribution in [-0.2, 0) is 9.59 Å². The highest BCUT2D eigenvalue weighted by atomic mass is 79.9. The van der Waals surface area contributed by atoms with Gasteiger partial charge in [0.05, 0.1) is 10.6 Å². The SMILES string of the molecule is O=C(CCN1C(=O)/C(=C/c2ccc3c(c2)OCO3)SC1=S)Nc1ccccc1Br. The molecule has 2 aliphatic heterocycles. The number of para-hydroxylation sites is 1. The van der Waals surface area contributed by atoms with Crippen molar-refractivity contribution in [3.8, 4) is 11.5 Å². The van der Waals surface area contributed by atoms with Gasteiger partial charge in [-0.2, -0.15) is 0 Å². The average molecular weight is 491 g/mol. The summed E-state index contributed by atoms with van der Waals surface area (Å²) < 4.78 is 11.9. The minimum atomic E-state index is -0.202. The maximum absolute atomic E-state index is 12.7. The number of fused-ring (bicyclic) bond motifs is 1. The van der Waals surface area contributed by atoms with Crippen LogP contribution < -0.4 is 14.8 Å². The van der Waals surface area contributed by atoms with Crippen LogP contribution in [0.15, 0.2) is 51.8 Å². The number of amides is 2. The standard InChI is InChI=1S/C20H15BrN2O4S2/c21-13-3-1-2-4-14(13)22-18(24)7-8-23-19(25)17(29-20(23)28)10-12-5-6-15-16(9-12)27-11-26-15/h1-6,9-10H,7-8,11H2,(H,22,24)/b17-10-. The molecule has 0 spiro atoms. The van der Waals surface area contributed by atoms with Gasteiger partial charge < -0.3 is 14.8 Å². The fourth-order valence-corrected chi connectivity index (χ4v) is 4.53. The second kappa shape index (κ2) is 8.56. The number of hydrogen-bond donors (Lipinski definition) is 1. The average Bonchev–Trinajstić information content (AvgIpc) is 3.26. The summed E-state index contributed by atoms with van der Waals surface area (Å²) in [5, 5.41) is 2.82. The zero-order chi connectivity index (χ0) is 20.4. The molecule has 0 aromatic heterocycles. The number of thiocarbonyl (C=S) groups is 1. The van der Waals surface area contributed by atoms with Crippen LogP contribution in [0.3, 0.4) is 0 Å². The van der Waals surface area contributed by atoms with Crippen molar-refractivity contribution in [3.63, 3.8) is 0 Å².